The predicted molar refractivity (Wildman–Crippen MR) is 72.4 cm³/mol. The van der Waals surface area contributed by atoms with Crippen molar-refractivity contribution in [2.24, 2.45) is 0 Å². The highest BCUT2D eigenvalue weighted by molar-refractivity contribution is 7.16. The zero-order valence-corrected chi connectivity index (χ0v) is 11.8. The van der Waals surface area contributed by atoms with E-state index < -0.39 is 0 Å². The quantitative estimate of drug-likeness (QED) is 0.812. The van der Waals surface area contributed by atoms with Gasteiger partial charge >= 0.3 is 0 Å². The van der Waals surface area contributed by atoms with Crippen molar-refractivity contribution in [1.82, 2.24) is 4.90 Å². The minimum atomic E-state index is 0.0828. The van der Waals surface area contributed by atoms with Crippen molar-refractivity contribution in [3.63, 3.8) is 0 Å². The number of thiophene rings is 1. The van der Waals surface area contributed by atoms with Crippen molar-refractivity contribution >= 4 is 22.9 Å². The summed E-state index contributed by atoms with van der Waals surface area (Å²) < 4.78 is 11.8. The molecule has 0 amide bonds. The molecule has 6 heteroatoms. The van der Waals surface area contributed by atoms with E-state index in [9.17, 15) is 0 Å². The largest absolute Gasteiger partial charge is 0.394 e. The first-order valence-corrected chi connectivity index (χ1v) is 7.27. The van der Waals surface area contributed by atoms with Crippen molar-refractivity contribution in [1.29, 1.82) is 0 Å². The maximum atomic E-state index is 8.63. The third-order valence-electron chi connectivity index (χ3n) is 2.85. The summed E-state index contributed by atoms with van der Waals surface area (Å²) >= 11 is 7.52. The van der Waals surface area contributed by atoms with Crippen LogP contribution in [0.5, 0.6) is 0 Å². The second kappa shape index (κ2) is 7.43. The number of aliphatic hydroxyl groups excluding tert-OH is 1. The lowest BCUT2D eigenvalue weighted by molar-refractivity contribution is -0.0373. The van der Waals surface area contributed by atoms with Gasteiger partial charge in [0.05, 0.1) is 30.8 Å². The fourth-order valence-electron chi connectivity index (χ4n) is 1.94. The standard InChI is InChI=1S/C12H18ClNO3S/c13-12-2-1-11(18-12)10-9-14(4-7-17-10)3-6-16-8-5-15/h1-2,10,15H,3-9H2/t10-/m1/s1. The number of aliphatic hydroxyl groups is 1. The van der Waals surface area contributed by atoms with Crippen LogP contribution in [0.15, 0.2) is 12.1 Å². The van der Waals surface area contributed by atoms with Crippen molar-refractivity contribution in [3.05, 3.63) is 21.3 Å². The fraction of sp³-hybridized carbons (Fsp3) is 0.667. The number of halogens is 1. The normalized spacial score (nSPS) is 21.3. The summed E-state index contributed by atoms with van der Waals surface area (Å²) in [4.78, 5) is 3.50. The van der Waals surface area contributed by atoms with Crippen LogP contribution in [0, 0.1) is 0 Å². The van der Waals surface area contributed by atoms with Crippen LogP contribution >= 0.6 is 22.9 Å². The first kappa shape index (κ1) is 14.2. The van der Waals surface area contributed by atoms with Crippen molar-refractivity contribution in [3.8, 4) is 0 Å². The lowest BCUT2D eigenvalue weighted by atomic mass is 10.2. The number of nitrogens with zero attached hydrogens (tertiary/aromatic N) is 1. The topological polar surface area (TPSA) is 41.9 Å². The predicted octanol–water partition coefficient (Wildman–Crippen LogP) is 1.78. The number of morpholine rings is 1. The van der Waals surface area contributed by atoms with Gasteiger partial charge in [0.2, 0.25) is 0 Å². The molecule has 1 fully saturated rings. The number of rotatable bonds is 6. The van der Waals surface area contributed by atoms with E-state index in [0.717, 1.165) is 30.6 Å². The Bertz CT molecular complexity index is 361. The summed E-state index contributed by atoms with van der Waals surface area (Å²) in [5, 5.41) is 8.63. The van der Waals surface area contributed by atoms with Gasteiger partial charge in [-0.05, 0) is 12.1 Å². The van der Waals surface area contributed by atoms with Crippen LogP contribution in [0.4, 0.5) is 0 Å². The van der Waals surface area contributed by atoms with Gasteiger partial charge in [-0.1, -0.05) is 11.6 Å². The molecule has 1 aliphatic rings. The molecule has 0 aromatic carbocycles. The van der Waals surface area contributed by atoms with Crippen molar-refractivity contribution in [2.45, 2.75) is 6.10 Å². The summed E-state index contributed by atoms with van der Waals surface area (Å²) in [5.41, 5.74) is 0. The van der Waals surface area contributed by atoms with E-state index in [0.29, 0.717) is 13.2 Å². The summed E-state index contributed by atoms with van der Waals surface area (Å²) in [6.45, 7) is 4.56. The maximum Gasteiger partial charge on any atom is 0.104 e. The minimum absolute atomic E-state index is 0.0828. The van der Waals surface area contributed by atoms with Gasteiger partial charge in [-0.15, -0.1) is 11.3 Å². The molecule has 0 unspecified atom stereocenters. The molecule has 0 aliphatic carbocycles. The van der Waals surface area contributed by atoms with Crippen molar-refractivity contribution < 1.29 is 14.6 Å². The highest BCUT2D eigenvalue weighted by Crippen LogP contribution is 2.30. The lowest BCUT2D eigenvalue weighted by Gasteiger charge is -2.32. The summed E-state index contributed by atoms with van der Waals surface area (Å²) in [6, 6.07) is 3.94. The Morgan fingerprint density at radius 2 is 2.39 bits per heavy atom. The van der Waals surface area contributed by atoms with Crippen LogP contribution in [0.3, 0.4) is 0 Å². The van der Waals surface area contributed by atoms with Gasteiger partial charge in [0.15, 0.2) is 0 Å². The highest BCUT2D eigenvalue weighted by atomic mass is 35.5. The number of ether oxygens (including phenoxy) is 2. The van der Waals surface area contributed by atoms with E-state index in [1.54, 1.807) is 11.3 Å². The second-order valence-corrected chi connectivity index (χ2v) is 5.88. The van der Waals surface area contributed by atoms with Crippen LogP contribution in [0.1, 0.15) is 11.0 Å². The lowest BCUT2D eigenvalue weighted by Crippen LogP contribution is -2.40. The second-order valence-electron chi connectivity index (χ2n) is 4.14. The van der Waals surface area contributed by atoms with Crippen LogP contribution in [0.2, 0.25) is 4.34 Å². The minimum Gasteiger partial charge on any atom is -0.394 e. The van der Waals surface area contributed by atoms with Crippen LogP contribution < -0.4 is 0 Å². The Morgan fingerprint density at radius 1 is 1.50 bits per heavy atom. The average molecular weight is 292 g/mol. The van der Waals surface area contributed by atoms with E-state index in [2.05, 4.69) is 4.90 Å². The molecule has 18 heavy (non-hydrogen) atoms. The number of hydrogen-bond donors (Lipinski definition) is 1. The van der Waals surface area contributed by atoms with Gasteiger partial charge < -0.3 is 14.6 Å². The molecule has 0 spiro atoms. The molecule has 0 bridgehead atoms. The van der Waals surface area contributed by atoms with E-state index in [1.165, 1.54) is 4.88 Å². The van der Waals surface area contributed by atoms with Gasteiger partial charge in [-0.25, -0.2) is 0 Å². The molecule has 1 N–H and O–H groups in total. The Kier molecular flexibility index (Phi) is 5.88. The van der Waals surface area contributed by atoms with E-state index in [-0.39, 0.29) is 12.7 Å². The SMILES string of the molecule is OCCOCCN1CCO[C@@H](c2ccc(Cl)s2)C1. The number of hydrogen-bond acceptors (Lipinski definition) is 5. The highest BCUT2D eigenvalue weighted by Gasteiger charge is 2.22. The van der Waals surface area contributed by atoms with E-state index in [4.69, 9.17) is 26.2 Å². The molecule has 1 aromatic rings. The summed E-state index contributed by atoms with van der Waals surface area (Å²) in [7, 11) is 0. The zero-order chi connectivity index (χ0) is 12.8. The van der Waals surface area contributed by atoms with E-state index in [1.807, 2.05) is 12.1 Å². The molecule has 2 rings (SSSR count). The van der Waals surface area contributed by atoms with E-state index >= 15 is 0 Å². The molecule has 1 aliphatic heterocycles. The summed E-state index contributed by atoms with van der Waals surface area (Å²) in [6.07, 6.45) is 0.120. The average Bonchev–Trinajstić information content (AvgIpc) is 2.82. The fourth-order valence-corrected chi connectivity index (χ4v) is 3.04. The van der Waals surface area contributed by atoms with Gasteiger partial charge in [0, 0.05) is 24.5 Å². The van der Waals surface area contributed by atoms with Crippen LogP contribution in [0.25, 0.3) is 0 Å². The van der Waals surface area contributed by atoms with Crippen LogP contribution in [-0.4, -0.2) is 56.1 Å². The Balaban J connectivity index is 1.77. The smallest absolute Gasteiger partial charge is 0.104 e. The summed E-state index contributed by atoms with van der Waals surface area (Å²) in [5.74, 6) is 0. The Labute approximate surface area is 116 Å². The van der Waals surface area contributed by atoms with Gasteiger partial charge in [-0.2, -0.15) is 0 Å². The molecule has 0 radical (unpaired) electrons. The Morgan fingerprint density at radius 3 is 3.11 bits per heavy atom. The molecule has 1 aromatic heterocycles. The molecule has 2 heterocycles. The van der Waals surface area contributed by atoms with Gasteiger partial charge in [0.25, 0.3) is 0 Å². The third kappa shape index (κ3) is 4.19. The first-order valence-electron chi connectivity index (χ1n) is 6.07. The maximum absolute atomic E-state index is 8.63. The first-order chi connectivity index (χ1) is 8.79. The third-order valence-corrected chi connectivity index (χ3v) is 4.17. The monoisotopic (exact) mass is 291 g/mol. The molecular formula is C12H18ClNO3S. The molecular weight excluding hydrogens is 274 g/mol. The molecule has 1 atom stereocenters. The Hall–Kier alpha value is -0.170. The van der Waals surface area contributed by atoms with Gasteiger partial charge in [-0.3, -0.25) is 4.90 Å². The zero-order valence-electron chi connectivity index (χ0n) is 10.2. The molecule has 102 valence electrons. The van der Waals surface area contributed by atoms with Crippen molar-refractivity contribution in [2.75, 3.05) is 46.1 Å². The van der Waals surface area contributed by atoms with Gasteiger partial charge in [0.1, 0.15) is 6.10 Å². The molecule has 1 saturated heterocycles. The molecule has 4 nitrogen and oxygen atoms in total. The molecule has 0 saturated carbocycles. The van der Waals surface area contributed by atoms with Crippen LogP contribution in [-0.2, 0) is 9.47 Å².